The van der Waals surface area contributed by atoms with Crippen molar-refractivity contribution in [2.24, 2.45) is 0 Å². The standard InChI is InChI=1S/C50H91NO13/c1-3-5-7-9-11-13-15-17-19-20-22-24-26-28-30-32-34-42(55)51-38(39(54)33-31-29-27-25-23-21-18-16-14-12-10-8-6-4-2)37-61-49-47(60)45(58)48(41(36-53)63-49)64-50-46(59)44(57)43(56)40(35-52)62-50/h13,15,19-20,31,33,38-41,43-50,52-54,56-60H,3-12,14,16-18,21-30,32,34-37H2,1-2H3,(H,51,55)/b15-13-,20-19-,33-31+. The van der Waals surface area contributed by atoms with Gasteiger partial charge in [0.2, 0.25) is 5.91 Å². The van der Waals surface area contributed by atoms with Gasteiger partial charge < -0.3 is 65.1 Å². The lowest BCUT2D eigenvalue weighted by molar-refractivity contribution is -0.359. The van der Waals surface area contributed by atoms with Crippen molar-refractivity contribution in [1.29, 1.82) is 0 Å². The molecular weight excluding hydrogens is 823 g/mol. The van der Waals surface area contributed by atoms with Crippen LogP contribution in [0.5, 0.6) is 0 Å². The minimum absolute atomic E-state index is 0.255. The molecule has 2 rings (SSSR count). The minimum Gasteiger partial charge on any atom is -0.394 e. The average Bonchev–Trinajstić information content (AvgIpc) is 3.29. The topological polar surface area (TPSA) is 228 Å². The number of unbranched alkanes of at least 4 members (excludes halogenated alkanes) is 21. The van der Waals surface area contributed by atoms with Crippen LogP contribution in [-0.2, 0) is 23.7 Å². The van der Waals surface area contributed by atoms with Crippen molar-refractivity contribution in [2.45, 2.75) is 254 Å². The summed E-state index contributed by atoms with van der Waals surface area (Å²) in [6.45, 7) is 2.74. The number of hydrogen-bond donors (Lipinski definition) is 9. The van der Waals surface area contributed by atoms with Crippen LogP contribution in [0.3, 0.4) is 0 Å². The maximum Gasteiger partial charge on any atom is 0.220 e. The second-order valence-corrected chi connectivity index (χ2v) is 17.9. The Hall–Kier alpha value is -1.79. The van der Waals surface area contributed by atoms with Crippen LogP contribution in [0, 0.1) is 0 Å². The summed E-state index contributed by atoms with van der Waals surface area (Å²) in [6.07, 6.45) is 24.6. The van der Waals surface area contributed by atoms with Crippen LogP contribution in [0.2, 0.25) is 0 Å². The van der Waals surface area contributed by atoms with E-state index in [1.54, 1.807) is 6.08 Å². The van der Waals surface area contributed by atoms with Crippen LogP contribution in [0.25, 0.3) is 0 Å². The van der Waals surface area contributed by atoms with Gasteiger partial charge in [-0.1, -0.05) is 159 Å². The molecule has 1 amide bonds. The molecule has 2 aliphatic heterocycles. The molecule has 0 aliphatic carbocycles. The molecule has 0 saturated carbocycles. The third kappa shape index (κ3) is 24.3. The van der Waals surface area contributed by atoms with Crippen LogP contribution < -0.4 is 5.32 Å². The van der Waals surface area contributed by atoms with Crippen molar-refractivity contribution in [3.8, 4) is 0 Å². The average molecular weight is 914 g/mol. The van der Waals surface area contributed by atoms with Gasteiger partial charge in [0.25, 0.3) is 0 Å². The highest BCUT2D eigenvalue weighted by Crippen LogP contribution is 2.30. The lowest BCUT2D eigenvalue weighted by atomic mass is 9.97. The number of amides is 1. The smallest absolute Gasteiger partial charge is 0.220 e. The van der Waals surface area contributed by atoms with E-state index in [0.29, 0.717) is 6.42 Å². The molecule has 12 atom stereocenters. The number of carbonyl (C=O) groups excluding carboxylic acids is 1. The fourth-order valence-electron chi connectivity index (χ4n) is 8.14. The molecule has 14 heteroatoms. The number of allylic oxidation sites excluding steroid dienone is 5. The van der Waals surface area contributed by atoms with Gasteiger partial charge in [-0.05, 0) is 51.4 Å². The predicted octanol–water partition coefficient (Wildman–Crippen LogP) is 6.32. The summed E-state index contributed by atoms with van der Waals surface area (Å²) in [5.41, 5.74) is 0. The molecule has 0 bridgehead atoms. The first-order chi connectivity index (χ1) is 31.1. The van der Waals surface area contributed by atoms with Gasteiger partial charge >= 0.3 is 0 Å². The molecule has 2 heterocycles. The number of carbonyl (C=O) groups is 1. The molecule has 14 nitrogen and oxygen atoms in total. The molecule has 2 fully saturated rings. The summed E-state index contributed by atoms with van der Waals surface area (Å²) in [4.78, 5) is 13.2. The van der Waals surface area contributed by atoms with Gasteiger partial charge in [0.15, 0.2) is 12.6 Å². The Balaban J connectivity index is 1.87. The van der Waals surface area contributed by atoms with Crippen molar-refractivity contribution in [2.75, 3.05) is 19.8 Å². The van der Waals surface area contributed by atoms with Crippen LogP contribution in [0.15, 0.2) is 36.5 Å². The number of rotatable bonds is 38. The Kier molecular flexibility index (Phi) is 33.9. The first-order valence-electron chi connectivity index (χ1n) is 25.2. The number of nitrogens with one attached hydrogen (secondary N) is 1. The molecule has 2 saturated heterocycles. The summed E-state index contributed by atoms with van der Waals surface area (Å²) in [7, 11) is 0. The highest BCUT2D eigenvalue weighted by Gasteiger charge is 2.51. The Bertz CT molecular complexity index is 1220. The summed E-state index contributed by atoms with van der Waals surface area (Å²) in [5.74, 6) is -0.255. The summed E-state index contributed by atoms with van der Waals surface area (Å²) < 4.78 is 22.7. The molecule has 9 N–H and O–H groups in total. The summed E-state index contributed by atoms with van der Waals surface area (Å²) in [5, 5.41) is 86.7. The third-order valence-corrected chi connectivity index (χ3v) is 12.3. The van der Waals surface area contributed by atoms with Crippen LogP contribution in [0.4, 0.5) is 0 Å². The van der Waals surface area contributed by atoms with Crippen molar-refractivity contribution < 1.29 is 64.6 Å². The second-order valence-electron chi connectivity index (χ2n) is 17.9. The van der Waals surface area contributed by atoms with E-state index in [4.69, 9.17) is 18.9 Å². The van der Waals surface area contributed by atoms with E-state index in [0.717, 1.165) is 64.2 Å². The number of ether oxygens (including phenoxy) is 4. The number of aliphatic hydroxyl groups is 8. The van der Waals surface area contributed by atoms with Crippen molar-refractivity contribution >= 4 is 5.91 Å². The quantitative estimate of drug-likeness (QED) is 0.0244. The van der Waals surface area contributed by atoms with Gasteiger partial charge in [-0.2, -0.15) is 0 Å². The van der Waals surface area contributed by atoms with Crippen LogP contribution in [-0.4, -0.2) is 140 Å². The maximum atomic E-state index is 13.2. The van der Waals surface area contributed by atoms with E-state index < -0.39 is 86.8 Å². The van der Waals surface area contributed by atoms with Crippen LogP contribution in [0.1, 0.15) is 181 Å². The lowest BCUT2D eigenvalue weighted by Crippen LogP contribution is -2.65. The largest absolute Gasteiger partial charge is 0.394 e. The van der Waals surface area contributed by atoms with Gasteiger partial charge in [-0.25, -0.2) is 0 Å². The molecule has 0 aromatic heterocycles. The number of hydrogen-bond acceptors (Lipinski definition) is 13. The summed E-state index contributed by atoms with van der Waals surface area (Å²) >= 11 is 0. The first-order valence-corrected chi connectivity index (χ1v) is 25.2. The third-order valence-electron chi connectivity index (χ3n) is 12.3. The highest BCUT2D eigenvalue weighted by atomic mass is 16.7. The number of aliphatic hydroxyl groups excluding tert-OH is 8. The van der Waals surface area contributed by atoms with E-state index in [1.165, 1.54) is 89.9 Å². The van der Waals surface area contributed by atoms with Crippen molar-refractivity contribution in [3.63, 3.8) is 0 Å². The molecule has 0 spiro atoms. The molecule has 374 valence electrons. The normalized spacial score (nSPS) is 27.5. The molecule has 64 heavy (non-hydrogen) atoms. The second kappa shape index (κ2) is 37.2. The molecule has 0 radical (unpaired) electrons. The Morgan fingerprint density at radius 1 is 0.562 bits per heavy atom. The zero-order chi connectivity index (χ0) is 46.8. The minimum atomic E-state index is -1.79. The Morgan fingerprint density at radius 2 is 1.03 bits per heavy atom. The molecule has 0 aromatic rings. The van der Waals surface area contributed by atoms with Gasteiger partial charge in [-0.3, -0.25) is 4.79 Å². The molecule has 12 unspecified atom stereocenters. The van der Waals surface area contributed by atoms with Gasteiger partial charge in [0.05, 0.1) is 32.0 Å². The van der Waals surface area contributed by atoms with Gasteiger partial charge in [0, 0.05) is 6.42 Å². The first kappa shape index (κ1) is 58.3. The predicted molar refractivity (Wildman–Crippen MR) is 249 cm³/mol. The fraction of sp³-hybridized carbons (Fsp3) is 0.860. The van der Waals surface area contributed by atoms with E-state index in [9.17, 15) is 45.6 Å². The molecule has 2 aliphatic rings. The van der Waals surface area contributed by atoms with Crippen molar-refractivity contribution in [3.05, 3.63) is 36.5 Å². The van der Waals surface area contributed by atoms with Crippen LogP contribution >= 0.6 is 0 Å². The zero-order valence-corrected chi connectivity index (χ0v) is 39.5. The van der Waals surface area contributed by atoms with E-state index >= 15 is 0 Å². The Labute approximate surface area is 385 Å². The molecule has 0 aromatic carbocycles. The van der Waals surface area contributed by atoms with E-state index in [2.05, 4.69) is 43.5 Å². The lowest BCUT2D eigenvalue weighted by Gasteiger charge is -2.46. The molecular formula is C50H91NO13. The fourth-order valence-corrected chi connectivity index (χ4v) is 8.14. The SMILES string of the molecule is CCCCCC/C=C\C/C=C\CCCCCCCC(=O)NC(COC1OC(CO)C(OC2OC(CO)C(O)C(O)C2O)C(O)C1O)C(O)/C=C/CCCCCCCCCCCCCC. The Morgan fingerprint density at radius 3 is 1.58 bits per heavy atom. The van der Waals surface area contributed by atoms with E-state index in [-0.39, 0.29) is 18.9 Å². The monoisotopic (exact) mass is 914 g/mol. The van der Waals surface area contributed by atoms with Gasteiger partial charge in [-0.15, -0.1) is 0 Å². The van der Waals surface area contributed by atoms with Gasteiger partial charge in [0.1, 0.15) is 48.8 Å². The maximum absolute atomic E-state index is 13.2. The summed E-state index contributed by atoms with van der Waals surface area (Å²) in [6, 6.07) is -0.919. The van der Waals surface area contributed by atoms with E-state index in [1.807, 2.05) is 6.08 Å². The highest BCUT2D eigenvalue weighted by molar-refractivity contribution is 5.76. The zero-order valence-electron chi connectivity index (χ0n) is 39.5. The van der Waals surface area contributed by atoms with Crippen molar-refractivity contribution in [1.82, 2.24) is 5.32 Å².